The van der Waals surface area contributed by atoms with Gasteiger partial charge in [-0.1, -0.05) is 38.0 Å². The van der Waals surface area contributed by atoms with Gasteiger partial charge < -0.3 is 4.98 Å². The number of rotatable bonds is 2. The largest absolute Gasteiger partial charge is 0.361 e. The molecule has 116 valence electrons. The lowest BCUT2D eigenvalue weighted by molar-refractivity contribution is 0.197. The number of hydrogen-bond donors (Lipinski definition) is 1. The summed E-state index contributed by atoms with van der Waals surface area (Å²) in [5.74, 6) is 3.63. The van der Waals surface area contributed by atoms with Gasteiger partial charge in [0.05, 0.1) is 6.04 Å². The van der Waals surface area contributed by atoms with Gasteiger partial charge in [-0.25, -0.2) is 0 Å². The van der Waals surface area contributed by atoms with Crippen LogP contribution in [0.15, 0.2) is 30.5 Å². The molecule has 0 bridgehead atoms. The highest BCUT2D eigenvalue weighted by Crippen LogP contribution is 2.27. The fourth-order valence-corrected chi connectivity index (χ4v) is 3.66. The van der Waals surface area contributed by atoms with Crippen molar-refractivity contribution in [1.29, 1.82) is 0 Å². The minimum absolute atomic E-state index is 0.256. The van der Waals surface area contributed by atoms with Crippen molar-refractivity contribution in [3.8, 4) is 11.5 Å². The quantitative estimate of drug-likeness (QED) is 0.635. The van der Waals surface area contributed by atoms with Gasteiger partial charge in [-0.15, -0.1) is 5.54 Å². The van der Waals surface area contributed by atoms with E-state index in [0.717, 1.165) is 0 Å². The fraction of sp³-hybridized carbons (Fsp3) is 0.474. The topological polar surface area (TPSA) is 19.0 Å². The van der Waals surface area contributed by atoms with Crippen LogP contribution in [0.1, 0.15) is 30.9 Å². The molecule has 1 unspecified atom stereocenters. The molecule has 2 heterocycles. The first-order chi connectivity index (χ1) is 10.5. The second-order valence-corrected chi connectivity index (χ2v) is 12.1. The summed E-state index contributed by atoms with van der Waals surface area (Å²) in [6.45, 7) is 9.32. The number of aromatic nitrogens is 1. The number of H-pyrrole nitrogens is 1. The summed E-state index contributed by atoms with van der Waals surface area (Å²) in [5, 5.41) is 1.29. The molecule has 2 aromatic rings. The van der Waals surface area contributed by atoms with Gasteiger partial charge in [0, 0.05) is 11.7 Å². The van der Waals surface area contributed by atoms with Crippen LogP contribution in [0.3, 0.4) is 0 Å². The van der Waals surface area contributed by atoms with Crippen molar-refractivity contribution in [3.05, 3.63) is 36.0 Å². The van der Waals surface area contributed by atoms with E-state index in [1.54, 1.807) is 0 Å². The zero-order valence-corrected chi connectivity index (χ0v) is 14.9. The van der Waals surface area contributed by atoms with Gasteiger partial charge >= 0.3 is 0 Å². The van der Waals surface area contributed by atoms with Crippen molar-refractivity contribution in [3.63, 3.8) is 0 Å². The van der Waals surface area contributed by atoms with E-state index in [1.165, 1.54) is 48.8 Å². The smallest absolute Gasteiger partial charge is 0.129 e. The number of benzene rings is 1. The first-order valence-corrected chi connectivity index (χ1v) is 11.9. The van der Waals surface area contributed by atoms with Crippen LogP contribution in [0, 0.1) is 11.5 Å². The minimum Gasteiger partial charge on any atom is -0.361 e. The van der Waals surface area contributed by atoms with Crippen molar-refractivity contribution >= 4 is 19.0 Å². The Hall–Kier alpha value is -1.50. The maximum Gasteiger partial charge on any atom is 0.129 e. The van der Waals surface area contributed by atoms with E-state index in [4.69, 9.17) is 0 Å². The SMILES string of the molecule is C[Si](C)(C)C#CC(c1ccc2[nH]ccc2c1)N1CCCCC1. The Morgan fingerprint density at radius 2 is 1.86 bits per heavy atom. The van der Waals surface area contributed by atoms with Crippen LogP contribution in [0.2, 0.25) is 19.6 Å². The molecule has 1 saturated heterocycles. The van der Waals surface area contributed by atoms with Crippen LogP contribution in [-0.4, -0.2) is 31.0 Å². The fourth-order valence-electron chi connectivity index (χ4n) is 3.09. The van der Waals surface area contributed by atoms with E-state index in [-0.39, 0.29) is 6.04 Å². The third-order valence-electron chi connectivity index (χ3n) is 4.23. The van der Waals surface area contributed by atoms with Crippen molar-refractivity contribution in [1.82, 2.24) is 9.88 Å². The summed E-state index contributed by atoms with van der Waals surface area (Å²) < 4.78 is 0. The number of hydrogen-bond acceptors (Lipinski definition) is 1. The highest BCUT2D eigenvalue weighted by atomic mass is 28.3. The predicted octanol–water partition coefficient (Wildman–Crippen LogP) is 4.58. The standard InChI is InChI=1S/C19H26N2Si/c1-22(2,3)14-10-19(21-12-5-4-6-13-21)17-7-8-18-16(15-17)9-11-20-18/h7-9,11,15,19-20H,4-6,12-13H2,1-3H3. The van der Waals surface area contributed by atoms with Gasteiger partial charge in [0.25, 0.3) is 0 Å². The maximum absolute atomic E-state index is 3.63. The second kappa shape index (κ2) is 6.32. The lowest BCUT2D eigenvalue weighted by Crippen LogP contribution is -2.33. The lowest BCUT2D eigenvalue weighted by atomic mass is 10.0. The Balaban J connectivity index is 1.96. The molecule has 2 nitrogen and oxygen atoms in total. The summed E-state index contributed by atoms with van der Waals surface area (Å²) in [4.78, 5) is 5.85. The first-order valence-electron chi connectivity index (χ1n) is 8.37. The van der Waals surface area contributed by atoms with Crippen LogP contribution in [0.25, 0.3) is 10.9 Å². The van der Waals surface area contributed by atoms with Crippen molar-refractivity contribution in [2.45, 2.75) is 44.9 Å². The second-order valence-electron chi connectivity index (χ2n) is 7.34. The van der Waals surface area contributed by atoms with Gasteiger partial charge in [0.15, 0.2) is 0 Å². The molecule has 0 radical (unpaired) electrons. The predicted molar refractivity (Wildman–Crippen MR) is 97.6 cm³/mol. The molecule has 3 rings (SSSR count). The zero-order valence-electron chi connectivity index (χ0n) is 13.9. The molecular formula is C19H26N2Si. The molecular weight excluding hydrogens is 284 g/mol. The van der Waals surface area contributed by atoms with E-state index < -0.39 is 8.07 Å². The average molecular weight is 311 g/mol. The van der Waals surface area contributed by atoms with E-state index in [1.807, 2.05) is 6.20 Å². The molecule has 1 aliphatic rings. The highest BCUT2D eigenvalue weighted by molar-refractivity contribution is 6.83. The Morgan fingerprint density at radius 1 is 1.09 bits per heavy atom. The lowest BCUT2D eigenvalue weighted by Gasteiger charge is -2.32. The van der Waals surface area contributed by atoms with Crippen molar-refractivity contribution in [2.75, 3.05) is 13.1 Å². The summed E-state index contributed by atoms with van der Waals surface area (Å²) in [6, 6.07) is 9.16. The van der Waals surface area contributed by atoms with Gasteiger partial charge in [-0.2, -0.15) is 0 Å². The van der Waals surface area contributed by atoms with Crippen LogP contribution < -0.4 is 0 Å². The van der Waals surface area contributed by atoms with Gasteiger partial charge in [-0.3, -0.25) is 4.90 Å². The Kier molecular flexibility index (Phi) is 4.42. The van der Waals surface area contributed by atoms with E-state index in [9.17, 15) is 0 Å². The highest BCUT2D eigenvalue weighted by Gasteiger charge is 2.21. The number of piperidine rings is 1. The molecule has 0 spiro atoms. The summed E-state index contributed by atoms with van der Waals surface area (Å²) >= 11 is 0. The molecule has 1 aliphatic heterocycles. The number of nitrogens with zero attached hydrogens (tertiary/aromatic N) is 1. The minimum atomic E-state index is -1.35. The molecule has 1 aromatic heterocycles. The molecule has 0 saturated carbocycles. The summed E-state index contributed by atoms with van der Waals surface area (Å²) in [6.07, 6.45) is 5.98. The Bertz CT molecular complexity index is 693. The number of nitrogens with one attached hydrogen (secondary N) is 1. The van der Waals surface area contributed by atoms with E-state index in [2.05, 4.69) is 65.3 Å². The Labute approximate surface area is 134 Å². The monoisotopic (exact) mass is 310 g/mol. The molecule has 0 amide bonds. The summed E-state index contributed by atoms with van der Waals surface area (Å²) in [7, 11) is -1.35. The number of aromatic amines is 1. The molecule has 0 aliphatic carbocycles. The first kappa shape index (κ1) is 15.4. The normalized spacial score (nSPS) is 18.0. The van der Waals surface area contributed by atoms with Crippen molar-refractivity contribution in [2.24, 2.45) is 0 Å². The van der Waals surface area contributed by atoms with Gasteiger partial charge in [0.2, 0.25) is 0 Å². The summed E-state index contributed by atoms with van der Waals surface area (Å²) in [5.41, 5.74) is 6.15. The third-order valence-corrected chi connectivity index (χ3v) is 5.13. The molecule has 3 heteroatoms. The van der Waals surface area contributed by atoms with Gasteiger partial charge in [0.1, 0.15) is 8.07 Å². The number of likely N-dealkylation sites (tertiary alicyclic amines) is 1. The van der Waals surface area contributed by atoms with Gasteiger partial charge in [-0.05, 0) is 55.1 Å². The zero-order chi connectivity index (χ0) is 15.6. The molecule has 1 fully saturated rings. The molecule has 1 atom stereocenters. The van der Waals surface area contributed by atoms with Crippen molar-refractivity contribution < 1.29 is 0 Å². The Morgan fingerprint density at radius 3 is 2.59 bits per heavy atom. The number of fused-ring (bicyclic) bond motifs is 1. The average Bonchev–Trinajstić information content (AvgIpc) is 2.95. The van der Waals surface area contributed by atoms with Crippen LogP contribution in [0.5, 0.6) is 0 Å². The van der Waals surface area contributed by atoms with Crippen LogP contribution in [-0.2, 0) is 0 Å². The molecule has 1 aromatic carbocycles. The molecule has 1 N–H and O–H groups in total. The third kappa shape index (κ3) is 3.63. The van der Waals surface area contributed by atoms with E-state index >= 15 is 0 Å². The van der Waals surface area contributed by atoms with Crippen LogP contribution in [0.4, 0.5) is 0 Å². The maximum atomic E-state index is 3.63. The van der Waals surface area contributed by atoms with E-state index in [0.29, 0.717) is 0 Å². The van der Waals surface area contributed by atoms with Crippen LogP contribution >= 0.6 is 0 Å². The molecule has 22 heavy (non-hydrogen) atoms.